The van der Waals surface area contributed by atoms with Crippen LogP contribution in [0.15, 0.2) is 77.2 Å². The zero-order valence-electron chi connectivity index (χ0n) is 14.5. The average Bonchev–Trinajstić information content (AvgIpc) is 3.12. The molecule has 0 spiro atoms. The van der Waals surface area contributed by atoms with Crippen molar-refractivity contribution in [1.29, 1.82) is 0 Å². The van der Waals surface area contributed by atoms with E-state index in [-0.39, 0.29) is 10.7 Å². The highest BCUT2D eigenvalue weighted by molar-refractivity contribution is 7.80. The number of hydrogen-bond donors (Lipinski definition) is 2. The molecular formula is C21H14FN3O2S. The quantitative estimate of drug-likeness (QED) is 0.493. The van der Waals surface area contributed by atoms with Gasteiger partial charge in [-0.3, -0.25) is 10.1 Å². The Hall–Kier alpha value is -3.58. The van der Waals surface area contributed by atoms with Gasteiger partial charge in [-0.2, -0.15) is 0 Å². The Morgan fingerprint density at radius 1 is 1.00 bits per heavy atom. The Labute approximate surface area is 165 Å². The van der Waals surface area contributed by atoms with E-state index in [2.05, 4.69) is 15.6 Å². The molecule has 2 N–H and O–H groups in total. The summed E-state index contributed by atoms with van der Waals surface area (Å²) in [7, 11) is 0. The summed E-state index contributed by atoms with van der Waals surface area (Å²) < 4.78 is 19.5. The van der Waals surface area contributed by atoms with Crippen LogP contribution in [-0.4, -0.2) is 16.0 Å². The van der Waals surface area contributed by atoms with Gasteiger partial charge in [-0.05, 0) is 54.7 Å². The van der Waals surface area contributed by atoms with Crippen LogP contribution in [0.5, 0.6) is 0 Å². The summed E-state index contributed by atoms with van der Waals surface area (Å²) in [6.45, 7) is 0. The summed E-state index contributed by atoms with van der Waals surface area (Å²) in [6.07, 6.45) is 0. The molecule has 1 aromatic heterocycles. The predicted molar refractivity (Wildman–Crippen MR) is 110 cm³/mol. The van der Waals surface area contributed by atoms with Gasteiger partial charge in [0.05, 0.1) is 5.56 Å². The summed E-state index contributed by atoms with van der Waals surface area (Å²) >= 11 is 5.15. The van der Waals surface area contributed by atoms with Gasteiger partial charge >= 0.3 is 0 Å². The first-order valence-electron chi connectivity index (χ1n) is 8.43. The average molecular weight is 391 g/mol. The van der Waals surface area contributed by atoms with Gasteiger partial charge in [-0.1, -0.05) is 30.3 Å². The number of aromatic nitrogens is 1. The summed E-state index contributed by atoms with van der Waals surface area (Å²) in [5.74, 6) is -0.715. The van der Waals surface area contributed by atoms with Gasteiger partial charge < -0.3 is 9.73 Å². The fourth-order valence-electron chi connectivity index (χ4n) is 2.69. The number of hydrogen-bond acceptors (Lipinski definition) is 4. The molecule has 1 heterocycles. The van der Waals surface area contributed by atoms with Crippen LogP contribution in [0.2, 0.25) is 0 Å². The zero-order valence-corrected chi connectivity index (χ0v) is 15.3. The number of amides is 1. The van der Waals surface area contributed by atoms with Crippen molar-refractivity contribution in [2.75, 3.05) is 5.32 Å². The lowest BCUT2D eigenvalue weighted by molar-refractivity contribution is 0.0974. The van der Waals surface area contributed by atoms with Crippen molar-refractivity contribution in [3.63, 3.8) is 0 Å². The molecular weight excluding hydrogens is 377 g/mol. The normalized spacial score (nSPS) is 10.6. The number of anilines is 1. The molecule has 0 aliphatic carbocycles. The lowest BCUT2D eigenvalue weighted by Crippen LogP contribution is -2.34. The molecule has 0 aliphatic heterocycles. The largest absolute Gasteiger partial charge is 0.436 e. The maximum atomic E-state index is 13.7. The number of nitrogens with zero attached hydrogens (tertiary/aromatic N) is 1. The molecule has 0 aliphatic rings. The first kappa shape index (κ1) is 17.8. The van der Waals surface area contributed by atoms with E-state index in [9.17, 15) is 9.18 Å². The number of oxazole rings is 1. The number of thiocarbonyl (C=S) groups is 1. The third kappa shape index (κ3) is 3.74. The first-order chi connectivity index (χ1) is 13.6. The highest BCUT2D eigenvalue weighted by Gasteiger charge is 2.13. The van der Waals surface area contributed by atoms with E-state index in [0.29, 0.717) is 22.7 Å². The zero-order chi connectivity index (χ0) is 19.5. The van der Waals surface area contributed by atoms with E-state index >= 15 is 0 Å². The lowest BCUT2D eigenvalue weighted by Gasteiger charge is -2.09. The van der Waals surface area contributed by atoms with Crippen LogP contribution in [0.3, 0.4) is 0 Å². The molecule has 0 fully saturated rings. The Morgan fingerprint density at radius 3 is 2.54 bits per heavy atom. The number of fused-ring (bicyclic) bond motifs is 1. The minimum Gasteiger partial charge on any atom is -0.436 e. The van der Waals surface area contributed by atoms with Crippen molar-refractivity contribution in [3.8, 4) is 11.5 Å². The van der Waals surface area contributed by atoms with E-state index in [1.165, 1.54) is 18.2 Å². The summed E-state index contributed by atoms with van der Waals surface area (Å²) in [6, 6.07) is 20.5. The second kappa shape index (κ2) is 7.58. The molecule has 28 heavy (non-hydrogen) atoms. The lowest BCUT2D eigenvalue weighted by atomic mass is 10.2. The predicted octanol–water partition coefficient (Wildman–Crippen LogP) is 4.76. The van der Waals surface area contributed by atoms with Crippen LogP contribution < -0.4 is 10.6 Å². The second-order valence-electron chi connectivity index (χ2n) is 5.96. The minimum atomic E-state index is -0.621. The maximum Gasteiger partial charge on any atom is 0.260 e. The molecule has 0 saturated heterocycles. The number of nitrogens with one attached hydrogen (secondary N) is 2. The van der Waals surface area contributed by atoms with Crippen molar-refractivity contribution >= 4 is 40.0 Å². The molecule has 4 aromatic rings. The van der Waals surface area contributed by atoms with Gasteiger partial charge in [0.25, 0.3) is 5.91 Å². The third-order valence-corrected chi connectivity index (χ3v) is 4.22. The van der Waals surface area contributed by atoms with Crippen LogP contribution in [-0.2, 0) is 0 Å². The standard InChI is InChI=1S/C21H14FN3O2S/c22-16-9-5-4-8-15(16)19(26)25-21(28)23-14-10-11-18-17(12-14)24-20(27-18)13-6-2-1-3-7-13/h1-12H,(H2,23,25,26,28). The molecule has 0 unspecified atom stereocenters. The van der Waals surface area contributed by atoms with E-state index in [0.717, 1.165) is 5.56 Å². The Morgan fingerprint density at radius 2 is 1.75 bits per heavy atom. The molecule has 1 amide bonds. The Bertz CT molecular complexity index is 1170. The highest BCUT2D eigenvalue weighted by Crippen LogP contribution is 2.26. The van der Waals surface area contributed by atoms with Crippen molar-refractivity contribution in [1.82, 2.24) is 10.3 Å². The molecule has 7 heteroatoms. The van der Waals surface area contributed by atoms with Gasteiger partial charge in [0.1, 0.15) is 11.3 Å². The van der Waals surface area contributed by atoms with Crippen LogP contribution in [0, 0.1) is 5.82 Å². The molecule has 3 aromatic carbocycles. The molecule has 4 rings (SSSR count). The minimum absolute atomic E-state index is 0.0550. The van der Waals surface area contributed by atoms with Gasteiger partial charge in [0, 0.05) is 11.3 Å². The van der Waals surface area contributed by atoms with Crippen molar-refractivity contribution in [2.45, 2.75) is 0 Å². The van der Waals surface area contributed by atoms with E-state index < -0.39 is 11.7 Å². The van der Waals surface area contributed by atoms with Gasteiger partial charge in [-0.25, -0.2) is 9.37 Å². The molecule has 5 nitrogen and oxygen atoms in total. The maximum absolute atomic E-state index is 13.7. The molecule has 0 radical (unpaired) electrons. The third-order valence-electron chi connectivity index (χ3n) is 4.01. The second-order valence-corrected chi connectivity index (χ2v) is 6.36. The number of halogens is 1. The molecule has 0 bridgehead atoms. The van der Waals surface area contributed by atoms with Crippen LogP contribution in [0.4, 0.5) is 10.1 Å². The van der Waals surface area contributed by atoms with Crippen LogP contribution >= 0.6 is 12.2 Å². The highest BCUT2D eigenvalue weighted by atomic mass is 32.1. The van der Waals surface area contributed by atoms with Crippen molar-refractivity contribution in [3.05, 3.63) is 84.2 Å². The number of carbonyl (C=O) groups excluding carboxylic acids is 1. The number of carbonyl (C=O) groups is 1. The molecule has 0 atom stereocenters. The van der Waals surface area contributed by atoms with Gasteiger partial charge in [-0.15, -0.1) is 0 Å². The topological polar surface area (TPSA) is 67.2 Å². The Kier molecular flexibility index (Phi) is 4.82. The van der Waals surface area contributed by atoms with E-state index in [1.807, 2.05) is 30.3 Å². The SMILES string of the molecule is O=C(NC(=S)Nc1ccc2oc(-c3ccccc3)nc2c1)c1ccccc1F. The fraction of sp³-hybridized carbons (Fsp3) is 0. The summed E-state index contributed by atoms with van der Waals surface area (Å²) in [4.78, 5) is 16.6. The van der Waals surface area contributed by atoms with Crippen molar-refractivity contribution < 1.29 is 13.6 Å². The number of rotatable bonds is 3. The van der Waals surface area contributed by atoms with E-state index in [4.69, 9.17) is 16.6 Å². The monoisotopic (exact) mass is 391 g/mol. The van der Waals surface area contributed by atoms with Gasteiger partial charge in [0.15, 0.2) is 10.7 Å². The van der Waals surface area contributed by atoms with Crippen LogP contribution in [0.1, 0.15) is 10.4 Å². The number of benzene rings is 3. The Balaban J connectivity index is 1.49. The van der Waals surface area contributed by atoms with Crippen molar-refractivity contribution in [2.24, 2.45) is 0 Å². The first-order valence-corrected chi connectivity index (χ1v) is 8.84. The van der Waals surface area contributed by atoms with Crippen LogP contribution in [0.25, 0.3) is 22.6 Å². The fourth-order valence-corrected chi connectivity index (χ4v) is 2.90. The smallest absolute Gasteiger partial charge is 0.260 e. The molecule has 0 saturated carbocycles. The molecule has 138 valence electrons. The van der Waals surface area contributed by atoms with E-state index in [1.54, 1.807) is 24.3 Å². The van der Waals surface area contributed by atoms with Gasteiger partial charge in [0.2, 0.25) is 5.89 Å². The summed E-state index contributed by atoms with van der Waals surface area (Å²) in [5.41, 5.74) is 2.70. The summed E-state index contributed by atoms with van der Waals surface area (Å²) in [5, 5.41) is 5.42.